The highest BCUT2D eigenvalue weighted by molar-refractivity contribution is 9.10. The molecule has 0 fully saturated rings. The summed E-state index contributed by atoms with van der Waals surface area (Å²) in [4.78, 5) is 4.31. The normalized spacial score (nSPS) is 10.8. The number of anilines is 1. The van der Waals surface area contributed by atoms with Crippen LogP contribution in [0, 0.1) is 0 Å². The van der Waals surface area contributed by atoms with Gasteiger partial charge in [-0.05, 0) is 51.8 Å². The molecule has 0 amide bonds. The zero-order chi connectivity index (χ0) is 14.8. The lowest BCUT2D eigenvalue weighted by atomic mass is 10.1. The molecule has 1 heterocycles. The summed E-state index contributed by atoms with van der Waals surface area (Å²) in [5.74, 6) is 0. The van der Waals surface area contributed by atoms with Crippen molar-refractivity contribution in [1.82, 2.24) is 4.98 Å². The molecule has 3 rings (SSSR count). The molecule has 0 radical (unpaired) electrons. The van der Waals surface area contributed by atoms with Crippen LogP contribution in [0.2, 0.25) is 10.0 Å². The number of pyridine rings is 1. The Labute approximate surface area is 141 Å². The van der Waals surface area contributed by atoms with Crippen LogP contribution in [0.25, 0.3) is 10.9 Å². The van der Waals surface area contributed by atoms with Gasteiger partial charge >= 0.3 is 0 Å². The highest BCUT2D eigenvalue weighted by atomic mass is 79.9. The molecular formula is C16H11BrCl2N2. The molecule has 0 saturated carbocycles. The summed E-state index contributed by atoms with van der Waals surface area (Å²) in [6.07, 6.45) is 1.80. The summed E-state index contributed by atoms with van der Waals surface area (Å²) < 4.78 is 0.788. The summed E-state index contributed by atoms with van der Waals surface area (Å²) in [6.45, 7) is 0.669. The van der Waals surface area contributed by atoms with Gasteiger partial charge in [0.15, 0.2) is 0 Å². The van der Waals surface area contributed by atoms with Crippen molar-refractivity contribution in [2.75, 3.05) is 5.32 Å². The topological polar surface area (TPSA) is 24.9 Å². The Morgan fingerprint density at radius 3 is 2.76 bits per heavy atom. The van der Waals surface area contributed by atoms with Crippen LogP contribution >= 0.6 is 39.1 Å². The Hall–Kier alpha value is -1.29. The predicted octanol–water partition coefficient (Wildman–Crippen LogP) is 5.92. The number of nitrogens with zero attached hydrogens (tertiary/aromatic N) is 1. The molecule has 1 N–H and O–H groups in total. The van der Waals surface area contributed by atoms with Gasteiger partial charge in [0.1, 0.15) is 0 Å². The molecule has 2 nitrogen and oxygen atoms in total. The van der Waals surface area contributed by atoms with E-state index in [1.807, 2.05) is 24.3 Å². The van der Waals surface area contributed by atoms with Gasteiger partial charge in [0, 0.05) is 22.6 Å². The van der Waals surface area contributed by atoms with E-state index in [1.165, 1.54) is 0 Å². The molecule has 0 saturated heterocycles. The third-order valence-electron chi connectivity index (χ3n) is 3.19. The van der Waals surface area contributed by atoms with Crippen LogP contribution in [0.3, 0.4) is 0 Å². The first-order valence-corrected chi connectivity index (χ1v) is 7.91. The summed E-state index contributed by atoms with van der Waals surface area (Å²) in [5, 5.41) is 5.47. The molecule has 5 heteroatoms. The molecule has 3 aromatic rings. The van der Waals surface area contributed by atoms with Crippen molar-refractivity contribution >= 4 is 55.7 Å². The van der Waals surface area contributed by atoms with Crippen molar-refractivity contribution < 1.29 is 0 Å². The molecule has 0 aliphatic rings. The van der Waals surface area contributed by atoms with Crippen molar-refractivity contribution in [1.29, 1.82) is 0 Å². The molecule has 106 valence electrons. The van der Waals surface area contributed by atoms with E-state index in [9.17, 15) is 0 Å². The molecule has 2 aromatic carbocycles. The molecule has 0 atom stereocenters. The number of hydrogen-bond donors (Lipinski definition) is 1. The molecule has 0 unspecified atom stereocenters. The maximum absolute atomic E-state index is 6.23. The molecule has 21 heavy (non-hydrogen) atoms. The number of halogens is 3. The first kappa shape index (κ1) is 14.6. The highest BCUT2D eigenvalue weighted by Gasteiger charge is 2.08. The summed E-state index contributed by atoms with van der Waals surface area (Å²) in [5.41, 5.74) is 2.97. The van der Waals surface area contributed by atoms with E-state index < -0.39 is 0 Å². The molecule has 0 aliphatic carbocycles. The van der Waals surface area contributed by atoms with E-state index >= 15 is 0 Å². The van der Waals surface area contributed by atoms with Crippen molar-refractivity contribution in [3.63, 3.8) is 0 Å². The van der Waals surface area contributed by atoms with Gasteiger partial charge < -0.3 is 5.32 Å². The van der Waals surface area contributed by atoms with Gasteiger partial charge in [-0.15, -0.1) is 0 Å². The van der Waals surface area contributed by atoms with Crippen LogP contribution in [0.5, 0.6) is 0 Å². The van der Waals surface area contributed by atoms with Gasteiger partial charge in [-0.1, -0.05) is 35.3 Å². The average molecular weight is 382 g/mol. The van der Waals surface area contributed by atoms with Crippen LogP contribution in [-0.4, -0.2) is 4.98 Å². The van der Waals surface area contributed by atoms with E-state index in [2.05, 4.69) is 44.4 Å². The largest absolute Gasteiger partial charge is 0.380 e. The Kier molecular flexibility index (Phi) is 4.34. The van der Waals surface area contributed by atoms with Crippen LogP contribution in [0.4, 0.5) is 5.69 Å². The SMILES string of the molecule is Clc1c(Br)ccc(NCc2ccc3ncccc3c2)c1Cl. The second-order valence-corrected chi connectivity index (χ2v) is 6.22. The van der Waals surface area contributed by atoms with Gasteiger partial charge in [0.05, 0.1) is 21.2 Å². The van der Waals surface area contributed by atoms with Crippen molar-refractivity contribution in [3.05, 3.63) is 68.7 Å². The van der Waals surface area contributed by atoms with Gasteiger partial charge in [-0.25, -0.2) is 0 Å². The molecule has 0 spiro atoms. The second kappa shape index (κ2) is 6.22. The van der Waals surface area contributed by atoms with E-state index in [0.717, 1.165) is 26.6 Å². The Bertz CT molecular complexity index is 805. The Balaban J connectivity index is 1.82. The van der Waals surface area contributed by atoms with Crippen LogP contribution in [0.1, 0.15) is 5.56 Å². The van der Waals surface area contributed by atoms with Crippen molar-refractivity contribution in [2.45, 2.75) is 6.54 Å². The van der Waals surface area contributed by atoms with E-state index in [4.69, 9.17) is 23.2 Å². The predicted molar refractivity (Wildman–Crippen MR) is 93.2 cm³/mol. The quantitative estimate of drug-likeness (QED) is 0.570. The minimum absolute atomic E-state index is 0.518. The molecule has 1 aromatic heterocycles. The van der Waals surface area contributed by atoms with Crippen LogP contribution in [0.15, 0.2) is 53.1 Å². The van der Waals surface area contributed by atoms with Gasteiger partial charge in [0.2, 0.25) is 0 Å². The fourth-order valence-electron chi connectivity index (χ4n) is 2.09. The smallest absolute Gasteiger partial charge is 0.0835 e. The maximum atomic E-state index is 6.23. The molecule has 0 aliphatic heterocycles. The highest BCUT2D eigenvalue weighted by Crippen LogP contribution is 2.36. The third-order valence-corrected chi connectivity index (χ3v) is 4.96. The Morgan fingerprint density at radius 1 is 1.05 bits per heavy atom. The lowest BCUT2D eigenvalue weighted by molar-refractivity contribution is 1.15. The van der Waals surface area contributed by atoms with Gasteiger partial charge in [-0.2, -0.15) is 0 Å². The van der Waals surface area contributed by atoms with E-state index in [-0.39, 0.29) is 0 Å². The molecule has 0 bridgehead atoms. The number of hydrogen-bond acceptors (Lipinski definition) is 2. The fraction of sp³-hybridized carbons (Fsp3) is 0.0625. The first-order chi connectivity index (χ1) is 10.1. The standard InChI is InChI=1S/C16H11BrCl2N2/c17-12-4-6-14(16(19)15(12)18)21-9-10-3-5-13-11(8-10)2-1-7-20-13/h1-8,21H,9H2. The van der Waals surface area contributed by atoms with Crippen molar-refractivity contribution in [2.24, 2.45) is 0 Å². The summed E-state index contributed by atoms with van der Waals surface area (Å²) in [6, 6.07) is 13.9. The zero-order valence-corrected chi connectivity index (χ0v) is 14.0. The minimum atomic E-state index is 0.518. The van der Waals surface area contributed by atoms with Crippen molar-refractivity contribution in [3.8, 4) is 0 Å². The Morgan fingerprint density at radius 2 is 1.90 bits per heavy atom. The zero-order valence-electron chi connectivity index (χ0n) is 10.9. The number of fused-ring (bicyclic) bond motifs is 1. The minimum Gasteiger partial charge on any atom is -0.380 e. The van der Waals surface area contributed by atoms with Gasteiger partial charge in [0.25, 0.3) is 0 Å². The number of rotatable bonds is 3. The fourth-order valence-corrected chi connectivity index (χ4v) is 2.94. The number of aromatic nitrogens is 1. The number of benzene rings is 2. The third kappa shape index (κ3) is 3.15. The lowest BCUT2D eigenvalue weighted by Crippen LogP contribution is -2.00. The second-order valence-electron chi connectivity index (χ2n) is 4.61. The molecular weight excluding hydrogens is 371 g/mol. The maximum Gasteiger partial charge on any atom is 0.0835 e. The summed E-state index contributed by atoms with van der Waals surface area (Å²) >= 11 is 15.7. The monoisotopic (exact) mass is 380 g/mol. The van der Waals surface area contributed by atoms with Crippen LogP contribution in [-0.2, 0) is 6.54 Å². The van der Waals surface area contributed by atoms with E-state index in [1.54, 1.807) is 6.20 Å². The van der Waals surface area contributed by atoms with E-state index in [0.29, 0.717) is 16.6 Å². The first-order valence-electron chi connectivity index (χ1n) is 6.36. The summed E-state index contributed by atoms with van der Waals surface area (Å²) in [7, 11) is 0. The lowest BCUT2D eigenvalue weighted by Gasteiger charge is -2.11. The van der Waals surface area contributed by atoms with Gasteiger partial charge in [-0.3, -0.25) is 4.98 Å². The van der Waals surface area contributed by atoms with Crippen LogP contribution < -0.4 is 5.32 Å². The average Bonchev–Trinajstić information content (AvgIpc) is 2.52. The number of nitrogens with one attached hydrogen (secondary N) is 1.